The van der Waals surface area contributed by atoms with E-state index in [4.69, 9.17) is 9.47 Å². The quantitative estimate of drug-likeness (QED) is 0.340. The first-order valence-electron chi connectivity index (χ1n) is 12.2. The number of rotatable bonds is 7. The number of carboxylic acids is 1. The smallest absolute Gasteiger partial charge is 0.335 e. The van der Waals surface area contributed by atoms with Crippen LogP contribution in [0.1, 0.15) is 56.7 Å². The second kappa shape index (κ2) is 8.89. The molecule has 2 aromatic carbocycles. The summed E-state index contributed by atoms with van der Waals surface area (Å²) in [4.78, 5) is 12.2. The Labute approximate surface area is 213 Å². The molecule has 1 saturated carbocycles. The van der Waals surface area contributed by atoms with Gasteiger partial charge in [-0.1, -0.05) is 13.8 Å². The highest BCUT2D eigenvalue weighted by Gasteiger charge is 2.48. The van der Waals surface area contributed by atoms with E-state index < -0.39 is 22.8 Å². The number of nitrogens with zero attached hydrogens (tertiary/aromatic N) is 3. The number of nitriles is 1. The number of aromatic amines is 1. The Balaban J connectivity index is 1.88. The number of carbonyl (C=O) groups is 1. The summed E-state index contributed by atoms with van der Waals surface area (Å²) in [7, 11) is 2.87. The van der Waals surface area contributed by atoms with Gasteiger partial charge in [-0.2, -0.15) is 10.4 Å². The highest BCUT2D eigenvalue weighted by atomic mass is 19.1. The number of ether oxygens (including phenoxy) is 2. The minimum atomic E-state index is -1.27. The molecule has 2 atom stereocenters. The summed E-state index contributed by atoms with van der Waals surface area (Å²) in [5.41, 5.74) is 2.39. The molecule has 192 valence electrons. The maximum Gasteiger partial charge on any atom is 0.335 e. The van der Waals surface area contributed by atoms with Crippen molar-refractivity contribution >= 4 is 27.8 Å². The molecule has 1 fully saturated rings. The van der Waals surface area contributed by atoms with E-state index >= 15 is 0 Å². The van der Waals surface area contributed by atoms with Gasteiger partial charge in [-0.15, -0.1) is 0 Å². The second-order valence-corrected chi connectivity index (χ2v) is 10.4. The monoisotopic (exact) mass is 504 g/mol. The van der Waals surface area contributed by atoms with Crippen LogP contribution in [0, 0.1) is 17.1 Å². The highest BCUT2D eigenvalue weighted by Crippen LogP contribution is 2.50. The first-order valence-corrected chi connectivity index (χ1v) is 12.2. The average molecular weight is 505 g/mol. The molecule has 4 aromatic rings. The molecular weight excluding hydrogens is 475 g/mol. The molecule has 2 heterocycles. The molecule has 0 aliphatic heterocycles. The van der Waals surface area contributed by atoms with Gasteiger partial charge in [0.05, 0.1) is 30.4 Å². The molecule has 9 heteroatoms. The third-order valence-corrected chi connectivity index (χ3v) is 7.78. The van der Waals surface area contributed by atoms with Crippen molar-refractivity contribution in [3.63, 3.8) is 0 Å². The van der Waals surface area contributed by atoms with Crippen molar-refractivity contribution < 1.29 is 23.8 Å². The van der Waals surface area contributed by atoms with Crippen LogP contribution >= 0.6 is 0 Å². The SMILES string of the molecule is COc1cc(-n2c(C(C)(C)CC#N)c([C@@H]3CC[C@@](OC)(C(=O)O)C3)c3cc4[nH]ncc4cc32)ccc1F. The zero-order chi connectivity index (χ0) is 26.5. The standard InChI is InChI=1S/C28H29FN4O4/c1-27(2,9-10-30)25-24(16-7-8-28(14-16,37-4)26(34)35)19-13-21-17(15-31-32-21)11-22(19)33(25)18-5-6-20(29)23(12-18)36-3/h5-6,11-13,15-16H,7-9,14H2,1-4H3,(H,31,32)(H,34,35)/t16-,28+/m1/s1. The lowest BCUT2D eigenvalue weighted by atomic mass is 9.79. The Kier molecular flexibility index (Phi) is 5.95. The van der Waals surface area contributed by atoms with E-state index in [9.17, 15) is 19.6 Å². The topological polar surface area (TPSA) is 113 Å². The van der Waals surface area contributed by atoms with Crippen LogP contribution in [0.25, 0.3) is 27.5 Å². The lowest BCUT2D eigenvalue weighted by Crippen LogP contribution is -2.37. The van der Waals surface area contributed by atoms with E-state index in [2.05, 4.69) is 20.8 Å². The van der Waals surface area contributed by atoms with Crippen LogP contribution in [0.5, 0.6) is 5.75 Å². The van der Waals surface area contributed by atoms with E-state index in [1.54, 1.807) is 18.3 Å². The minimum absolute atomic E-state index is 0.111. The van der Waals surface area contributed by atoms with Crippen LogP contribution in [0.3, 0.4) is 0 Å². The summed E-state index contributed by atoms with van der Waals surface area (Å²) in [6.07, 6.45) is 3.27. The number of benzene rings is 2. The molecule has 0 amide bonds. The van der Waals surface area contributed by atoms with E-state index in [1.807, 2.05) is 26.0 Å². The van der Waals surface area contributed by atoms with Gasteiger partial charge in [-0.3, -0.25) is 5.10 Å². The molecule has 0 saturated heterocycles. The van der Waals surface area contributed by atoms with E-state index in [1.165, 1.54) is 20.3 Å². The first kappa shape index (κ1) is 24.8. The van der Waals surface area contributed by atoms with Gasteiger partial charge >= 0.3 is 5.97 Å². The van der Waals surface area contributed by atoms with Crippen molar-refractivity contribution in [1.82, 2.24) is 14.8 Å². The van der Waals surface area contributed by atoms with Crippen molar-refractivity contribution in [1.29, 1.82) is 5.26 Å². The molecule has 0 unspecified atom stereocenters. The molecule has 8 nitrogen and oxygen atoms in total. The van der Waals surface area contributed by atoms with Crippen LogP contribution in [-0.4, -0.2) is 45.7 Å². The molecule has 37 heavy (non-hydrogen) atoms. The molecular formula is C28H29FN4O4. The van der Waals surface area contributed by atoms with E-state index in [0.717, 1.165) is 33.1 Å². The summed E-state index contributed by atoms with van der Waals surface area (Å²) < 4.78 is 27.3. The van der Waals surface area contributed by atoms with E-state index in [0.29, 0.717) is 24.9 Å². The van der Waals surface area contributed by atoms with Crippen molar-refractivity contribution in [2.75, 3.05) is 14.2 Å². The largest absolute Gasteiger partial charge is 0.494 e. The van der Waals surface area contributed by atoms with Gasteiger partial charge < -0.3 is 19.1 Å². The number of H-pyrrole nitrogens is 1. The molecule has 0 radical (unpaired) electrons. The molecule has 1 aliphatic rings. The Bertz CT molecular complexity index is 1560. The number of hydrogen-bond donors (Lipinski definition) is 2. The number of aliphatic carboxylic acids is 1. The molecule has 0 bridgehead atoms. The van der Waals surface area contributed by atoms with Gasteiger partial charge in [0.1, 0.15) is 0 Å². The molecule has 2 N–H and O–H groups in total. The summed E-state index contributed by atoms with van der Waals surface area (Å²) >= 11 is 0. The highest BCUT2D eigenvalue weighted by molar-refractivity contribution is 5.99. The van der Waals surface area contributed by atoms with Gasteiger partial charge in [0.2, 0.25) is 0 Å². The number of halogens is 1. The normalized spacial score (nSPS) is 19.9. The lowest BCUT2D eigenvalue weighted by Gasteiger charge is -2.29. The van der Waals surface area contributed by atoms with Crippen LogP contribution in [0.15, 0.2) is 36.5 Å². The predicted octanol–water partition coefficient (Wildman–Crippen LogP) is 5.58. The average Bonchev–Trinajstić information content (AvgIpc) is 3.58. The fourth-order valence-corrected chi connectivity index (χ4v) is 5.89. The molecule has 1 aliphatic carbocycles. The summed E-state index contributed by atoms with van der Waals surface area (Å²) in [5.74, 6) is -1.46. The van der Waals surface area contributed by atoms with Gasteiger partial charge in [-0.05, 0) is 55.0 Å². The third-order valence-electron chi connectivity index (χ3n) is 7.78. The number of carboxylic acid groups (broad SMARTS) is 1. The first-order chi connectivity index (χ1) is 17.7. The Morgan fingerprint density at radius 2 is 2.14 bits per heavy atom. The zero-order valence-corrected chi connectivity index (χ0v) is 21.3. The van der Waals surface area contributed by atoms with Gasteiger partial charge in [0.15, 0.2) is 17.2 Å². The fraction of sp³-hybridized carbons (Fsp3) is 0.393. The number of fused-ring (bicyclic) bond motifs is 2. The Morgan fingerprint density at radius 3 is 2.78 bits per heavy atom. The maximum atomic E-state index is 14.4. The van der Waals surface area contributed by atoms with Crippen LogP contribution in [0.2, 0.25) is 0 Å². The van der Waals surface area contributed by atoms with Gasteiger partial charge in [0, 0.05) is 47.2 Å². The summed E-state index contributed by atoms with van der Waals surface area (Å²) in [6, 6.07) is 11.1. The lowest BCUT2D eigenvalue weighted by molar-refractivity contribution is -0.161. The van der Waals surface area contributed by atoms with Crippen molar-refractivity contribution in [2.45, 2.75) is 56.5 Å². The number of aromatic nitrogens is 3. The Hall–Kier alpha value is -3.90. The molecule has 2 aromatic heterocycles. The molecule has 0 spiro atoms. The van der Waals surface area contributed by atoms with Gasteiger partial charge in [0.25, 0.3) is 0 Å². The summed E-state index contributed by atoms with van der Waals surface area (Å²) in [5, 5.41) is 28.8. The van der Waals surface area contributed by atoms with Crippen LogP contribution in [-0.2, 0) is 14.9 Å². The number of nitrogens with one attached hydrogen (secondary N) is 1. The van der Waals surface area contributed by atoms with Crippen molar-refractivity contribution in [3.8, 4) is 17.5 Å². The predicted molar refractivity (Wildman–Crippen MR) is 137 cm³/mol. The third kappa shape index (κ3) is 3.83. The maximum absolute atomic E-state index is 14.4. The Morgan fingerprint density at radius 1 is 1.35 bits per heavy atom. The zero-order valence-electron chi connectivity index (χ0n) is 21.3. The number of methoxy groups -OCH3 is 2. The molecule has 5 rings (SSSR count). The second-order valence-electron chi connectivity index (χ2n) is 10.4. The number of hydrogen-bond acceptors (Lipinski definition) is 5. The van der Waals surface area contributed by atoms with E-state index in [-0.39, 0.29) is 18.1 Å². The fourth-order valence-electron chi connectivity index (χ4n) is 5.89. The van der Waals surface area contributed by atoms with Crippen LogP contribution < -0.4 is 4.74 Å². The summed E-state index contributed by atoms with van der Waals surface area (Å²) in [6.45, 7) is 4.02. The van der Waals surface area contributed by atoms with Crippen LogP contribution in [0.4, 0.5) is 4.39 Å². The minimum Gasteiger partial charge on any atom is -0.494 e. The van der Waals surface area contributed by atoms with Crippen molar-refractivity contribution in [3.05, 3.63) is 53.6 Å². The van der Waals surface area contributed by atoms with Crippen molar-refractivity contribution in [2.24, 2.45) is 0 Å². The van der Waals surface area contributed by atoms with Gasteiger partial charge in [-0.25, -0.2) is 9.18 Å².